The number of halogens is 1. The molecule has 2 amide bonds. The summed E-state index contributed by atoms with van der Waals surface area (Å²) in [5.74, 6) is -0.465. The standard InChI is InChI=1S/C13H18ClN3O2/c1-3-16-12(18)8-17(4-2)13(19)10-6-5-9(14)7-11(10)15/h5-7H,3-4,8,15H2,1-2H3,(H,16,18). The number of nitrogens with zero attached hydrogens (tertiary/aromatic N) is 1. The highest BCUT2D eigenvalue weighted by Crippen LogP contribution is 2.19. The summed E-state index contributed by atoms with van der Waals surface area (Å²) < 4.78 is 0. The molecule has 0 atom stereocenters. The quantitative estimate of drug-likeness (QED) is 0.805. The van der Waals surface area contributed by atoms with Crippen molar-refractivity contribution in [2.75, 3.05) is 25.4 Å². The predicted molar refractivity (Wildman–Crippen MR) is 76.1 cm³/mol. The van der Waals surface area contributed by atoms with E-state index in [2.05, 4.69) is 5.32 Å². The van der Waals surface area contributed by atoms with Gasteiger partial charge in [-0.25, -0.2) is 0 Å². The number of rotatable bonds is 5. The fourth-order valence-corrected chi connectivity index (χ4v) is 1.83. The van der Waals surface area contributed by atoms with Crippen molar-refractivity contribution in [3.05, 3.63) is 28.8 Å². The first-order chi connectivity index (χ1) is 8.99. The van der Waals surface area contributed by atoms with Crippen LogP contribution in [0.4, 0.5) is 5.69 Å². The summed E-state index contributed by atoms with van der Waals surface area (Å²) in [6, 6.07) is 4.69. The molecule has 0 aromatic heterocycles. The first-order valence-electron chi connectivity index (χ1n) is 6.10. The van der Waals surface area contributed by atoms with Crippen LogP contribution in [0, 0.1) is 0 Å². The highest BCUT2D eigenvalue weighted by molar-refractivity contribution is 6.31. The molecule has 104 valence electrons. The minimum absolute atomic E-state index is 0.0191. The van der Waals surface area contributed by atoms with E-state index in [0.717, 1.165) is 0 Å². The van der Waals surface area contributed by atoms with E-state index in [0.29, 0.717) is 29.4 Å². The number of benzene rings is 1. The first kappa shape index (κ1) is 15.3. The van der Waals surface area contributed by atoms with Gasteiger partial charge >= 0.3 is 0 Å². The Labute approximate surface area is 117 Å². The number of anilines is 1. The molecule has 1 aromatic carbocycles. The second-order valence-corrected chi connectivity index (χ2v) is 4.44. The van der Waals surface area contributed by atoms with Gasteiger partial charge in [0.15, 0.2) is 0 Å². The lowest BCUT2D eigenvalue weighted by Crippen LogP contribution is -2.40. The number of nitrogens with one attached hydrogen (secondary N) is 1. The van der Waals surface area contributed by atoms with Crippen molar-refractivity contribution in [2.45, 2.75) is 13.8 Å². The molecule has 0 unspecified atom stereocenters. The Morgan fingerprint density at radius 3 is 2.58 bits per heavy atom. The molecular formula is C13H18ClN3O2. The summed E-state index contributed by atoms with van der Waals surface area (Å²) in [6.45, 7) is 4.62. The van der Waals surface area contributed by atoms with Gasteiger partial charge < -0.3 is 16.0 Å². The largest absolute Gasteiger partial charge is 0.398 e. The summed E-state index contributed by atoms with van der Waals surface area (Å²) in [4.78, 5) is 25.2. The Morgan fingerprint density at radius 2 is 2.05 bits per heavy atom. The van der Waals surface area contributed by atoms with Gasteiger partial charge in [0.05, 0.1) is 12.1 Å². The van der Waals surface area contributed by atoms with E-state index < -0.39 is 0 Å². The van der Waals surface area contributed by atoms with Crippen LogP contribution in [-0.4, -0.2) is 36.3 Å². The molecule has 1 aromatic rings. The highest BCUT2D eigenvalue weighted by Gasteiger charge is 2.19. The first-order valence-corrected chi connectivity index (χ1v) is 6.48. The van der Waals surface area contributed by atoms with Gasteiger partial charge in [-0.1, -0.05) is 11.6 Å². The molecule has 0 bridgehead atoms. The second kappa shape index (κ2) is 6.99. The van der Waals surface area contributed by atoms with Crippen LogP contribution < -0.4 is 11.1 Å². The molecule has 0 spiro atoms. The smallest absolute Gasteiger partial charge is 0.256 e. The fourth-order valence-electron chi connectivity index (χ4n) is 1.65. The zero-order valence-electron chi connectivity index (χ0n) is 11.1. The van der Waals surface area contributed by atoms with Gasteiger partial charge in [-0.05, 0) is 32.0 Å². The number of nitrogens with two attached hydrogens (primary N) is 1. The molecule has 0 aliphatic rings. The van der Waals surface area contributed by atoms with E-state index in [1.54, 1.807) is 12.1 Å². The van der Waals surface area contributed by atoms with E-state index in [1.807, 2.05) is 13.8 Å². The molecule has 5 nitrogen and oxygen atoms in total. The predicted octanol–water partition coefficient (Wildman–Crippen LogP) is 1.52. The molecule has 0 fully saturated rings. The van der Waals surface area contributed by atoms with Crippen molar-refractivity contribution >= 4 is 29.1 Å². The Kier molecular flexibility index (Phi) is 5.63. The lowest BCUT2D eigenvalue weighted by molar-refractivity contribution is -0.121. The van der Waals surface area contributed by atoms with Crippen LogP contribution in [0.3, 0.4) is 0 Å². The van der Waals surface area contributed by atoms with Crippen molar-refractivity contribution < 1.29 is 9.59 Å². The Morgan fingerprint density at radius 1 is 1.37 bits per heavy atom. The highest BCUT2D eigenvalue weighted by atomic mass is 35.5. The van der Waals surface area contributed by atoms with Crippen molar-refractivity contribution in [1.82, 2.24) is 10.2 Å². The number of carbonyl (C=O) groups excluding carboxylic acids is 2. The van der Waals surface area contributed by atoms with Crippen LogP contribution in [0.15, 0.2) is 18.2 Å². The average molecular weight is 284 g/mol. The number of hydrogen-bond acceptors (Lipinski definition) is 3. The van der Waals surface area contributed by atoms with Crippen molar-refractivity contribution in [3.63, 3.8) is 0 Å². The van der Waals surface area contributed by atoms with Crippen LogP contribution in [-0.2, 0) is 4.79 Å². The molecule has 0 saturated carbocycles. The van der Waals surface area contributed by atoms with Gasteiger partial charge in [-0.2, -0.15) is 0 Å². The van der Waals surface area contributed by atoms with Gasteiger partial charge in [0.1, 0.15) is 0 Å². The van der Waals surface area contributed by atoms with Crippen molar-refractivity contribution in [2.24, 2.45) is 0 Å². The average Bonchev–Trinajstić information content (AvgIpc) is 2.35. The maximum atomic E-state index is 12.3. The van der Waals surface area contributed by atoms with Crippen molar-refractivity contribution in [3.8, 4) is 0 Å². The van der Waals surface area contributed by atoms with Crippen LogP contribution in [0.25, 0.3) is 0 Å². The summed E-state index contributed by atoms with van der Waals surface area (Å²) in [5, 5.41) is 3.13. The number of likely N-dealkylation sites (N-methyl/N-ethyl adjacent to an activating group) is 2. The molecule has 6 heteroatoms. The Balaban J connectivity index is 2.86. The number of carbonyl (C=O) groups is 2. The summed E-state index contributed by atoms with van der Waals surface area (Å²) in [5.41, 5.74) is 6.44. The number of nitrogen functional groups attached to an aromatic ring is 1. The van der Waals surface area contributed by atoms with Crippen molar-refractivity contribution in [1.29, 1.82) is 0 Å². The third kappa shape index (κ3) is 4.13. The third-order valence-electron chi connectivity index (χ3n) is 2.62. The molecule has 0 aliphatic carbocycles. The molecule has 0 saturated heterocycles. The topological polar surface area (TPSA) is 75.4 Å². The Hall–Kier alpha value is -1.75. The molecule has 19 heavy (non-hydrogen) atoms. The monoisotopic (exact) mass is 283 g/mol. The summed E-state index contributed by atoms with van der Waals surface area (Å²) in [7, 11) is 0. The molecule has 0 heterocycles. The van der Waals surface area contributed by atoms with Gasteiger partial charge in [0.2, 0.25) is 5.91 Å². The van der Waals surface area contributed by atoms with Gasteiger partial charge in [-0.3, -0.25) is 9.59 Å². The molecular weight excluding hydrogens is 266 g/mol. The number of amides is 2. The maximum absolute atomic E-state index is 12.3. The Bertz CT molecular complexity index is 477. The van der Waals surface area contributed by atoms with E-state index in [9.17, 15) is 9.59 Å². The lowest BCUT2D eigenvalue weighted by atomic mass is 10.1. The third-order valence-corrected chi connectivity index (χ3v) is 2.86. The molecule has 1 rings (SSSR count). The lowest BCUT2D eigenvalue weighted by Gasteiger charge is -2.21. The maximum Gasteiger partial charge on any atom is 0.256 e. The van der Waals surface area contributed by atoms with E-state index in [4.69, 9.17) is 17.3 Å². The van der Waals surface area contributed by atoms with Crippen LogP contribution in [0.5, 0.6) is 0 Å². The normalized spacial score (nSPS) is 10.1. The summed E-state index contributed by atoms with van der Waals surface area (Å²) in [6.07, 6.45) is 0. The molecule has 0 aliphatic heterocycles. The van der Waals surface area contributed by atoms with E-state index in [-0.39, 0.29) is 18.4 Å². The van der Waals surface area contributed by atoms with E-state index in [1.165, 1.54) is 11.0 Å². The fraction of sp³-hybridized carbons (Fsp3) is 0.385. The van der Waals surface area contributed by atoms with Crippen LogP contribution in [0.1, 0.15) is 24.2 Å². The summed E-state index contributed by atoms with van der Waals surface area (Å²) >= 11 is 5.79. The zero-order chi connectivity index (χ0) is 14.4. The van der Waals surface area contributed by atoms with Crippen LogP contribution in [0.2, 0.25) is 5.02 Å². The minimum Gasteiger partial charge on any atom is -0.398 e. The SMILES string of the molecule is CCNC(=O)CN(CC)C(=O)c1ccc(Cl)cc1N. The second-order valence-electron chi connectivity index (χ2n) is 4.00. The van der Waals surface area contributed by atoms with Crippen LogP contribution >= 0.6 is 11.6 Å². The minimum atomic E-state index is -0.275. The zero-order valence-corrected chi connectivity index (χ0v) is 11.8. The number of hydrogen-bond donors (Lipinski definition) is 2. The van der Waals surface area contributed by atoms with Gasteiger partial charge in [-0.15, -0.1) is 0 Å². The molecule has 0 radical (unpaired) electrons. The van der Waals surface area contributed by atoms with Gasteiger partial charge in [0, 0.05) is 23.8 Å². The molecule has 3 N–H and O–H groups in total. The van der Waals surface area contributed by atoms with Gasteiger partial charge in [0.25, 0.3) is 5.91 Å². The van der Waals surface area contributed by atoms with E-state index >= 15 is 0 Å².